The molecule has 1 unspecified atom stereocenters. The first-order chi connectivity index (χ1) is 8.80. The van der Waals surface area contributed by atoms with Crippen LogP contribution in [0.3, 0.4) is 0 Å². The molecule has 3 nitrogen and oxygen atoms in total. The van der Waals surface area contributed by atoms with Crippen molar-refractivity contribution in [3.05, 3.63) is 0 Å². The number of hydrogen-bond donors (Lipinski definition) is 1. The third-order valence-electron chi connectivity index (χ3n) is 5.28. The lowest BCUT2D eigenvalue weighted by molar-refractivity contribution is -0.0504. The van der Waals surface area contributed by atoms with Crippen LogP contribution in [0.5, 0.6) is 0 Å². The normalized spacial score (nSPS) is 33.5. The van der Waals surface area contributed by atoms with E-state index in [4.69, 9.17) is 9.84 Å². The predicted molar refractivity (Wildman–Crippen MR) is 71.6 cm³/mol. The van der Waals surface area contributed by atoms with E-state index in [1.165, 1.54) is 38.5 Å². The molecule has 0 aromatic rings. The van der Waals surface area contributed by atoms with Gasteiger partial charge < -0.3 is 14.7 Å². The van der Waals surface area contributed by atoms with Gasteiger partial charge in [0.1, 0.15) is 0 Å². The number of hydrogen-bond acceptors (Lipinski definition) is 3. The fraction of sp³-hybridized carbons (Fsp3) is 1.00. The van der Waals surface area contributed by atoms with E-state index in [0.717, 1.165) is 32.5 Å². The van der Waals surface area contributed by atoms with E-state index in [1.54, 1.807) is 0 Å². The first-order valence-electron chi connectivity index (χ1n) is 7.81. The molecule has 3 rings (SSSR count). The Hall–Kier alpha value is -0.120. The molecule has 1 aliphatic carbocycles. The van der Waals surface area contributed by atoms with E-state index in [-0.39, 0.29) is 5.60 Å². The summed E-state index contributed by atoms with van der Waals surface area (Å²) >= 11 is 0. The summed E-state index contributed by atoms with van der Waals surface area (Å²) in [7, 11) is 0. The molecule has 1 N–H and O–H groups in total. The SMILES string of the molecule is OCC1CCN(CC2CCC3(CCCC3)O2)CC1. The second-order valence-corrected chi connectivity index (χ2v) is 6.60. The van der Waals surface area contributed by atoms with Crippen molar-refractivity contribution in [3.8, 4) is 0 Å². The number of aliphatic hydroxyl groups excluding tert-OH is 1. The van der Waals surface area contributed by atoms with Crippen molar-refractivity contribution in [1.29, 1.82) is 0 Å². The highest BCUT2D eigenvalue weighted by Crippen LogP contribution is 2.43. The van der Waals surface area contributed by atoms with Crippen molar-refractivity contribution in [2.24, 2.45) is 5.92 Å². The fourth-order valence-electron chi connectivity index (χ4n) is 4.05. The molecule has 3 heteroatoms. The van der Waals surface area contributed by atoms with Gasteiger partial charge in [-0.25, -0.2) is 0 Å². The number of nitrogens with zero attached hydrogens (tertiary/aromatic N) is 1. The summed E-state index contributed by atoms with van der Waals surface area (Å²) in [5, 5.41) is 9.16. The van der Waals surface area contributed by atoms with Crippen molar-refractivity contribution < 1.29 is 9.84 Å². The van der Waals surface area contributed by atoms with Gasteiger partial charge in [-0.15, -0.1) is 0 Å². The van der Waals surface area contributed by atoms with Crippen molar-refractivity contribution in [2.75, 3.05) is 26.2 Å². The zero-order valence-corrected chi connectivity index (χ0v) is 11.4. The van der Waals surface area contributed by atoms with E-state index in [9.17, 15) is 0 Å². The molecule has 0 amide bonds. The minimum Gasteiger partial charge on any atom is -0.396 e. The molecular weight excluding hydrogens is 226 g/mol. The van der Waals surface area contributed by atoms with Crippen LogP contribution >= 0.6 is 0 Å². The number of piperidine rings is 1. The summed E-state index contributed by atoms with van der Waals surface area (Å²) in [5.74, 6) is 0.548. The maximum absolute atomic E-state index is 9.16. The molecule has 18 heavy (non-hydrogen) atoms. The Morgan fingerprint density at radius 3 is 2.44 bits per heavy atom. The number of ether oxygens (including phenoxy) is 1. The van der Waals surface area contributed by atoms with Crippen LogP contribution in [0, 0.1) is 5.92 Å². The predicted octanol–water partition coefficient (Wildman–Crippen LogP) is 2.18. The quantitative estimate of drug-likeness (QED) is 0.837. The standard InChI is InChI=1S/C15H27NO2/c17-12-13-4-9-16(10-5-13)11-14-3-8-15(18-14)6-1-2-7-15/h13-14,17H,1-12H2. The van der Waals surface area contributed by atoms with Crippen molar-refractivity contribution >= 4 is 0 Å². The number of likely N-dealkylation sites (tertiary alicyclic amines) is 1. The minimum atomic E-state index is 0.286. The van der Waals surface area contributed by atoms with Gasteiger partial charge in [-0.2, -0.15) is 0 Å². The first kappa shape index (κ1) is 12.9. The minimum absolute atomic E-state index is 0.286. The molecule has 1 spiro atoms. The zero-order valence-electron chi connectivity index (χ0n) is 11.4. The summed E-state index contributed by atoms with van der Waals surface area (Å²) in [4.78, 5) is 2.55. The average Bonchev–Trinajstić information content (AvgIpc) is 3.02. The average molecular weight is 253 g/mol. The lowest BCUT2D eigenvalue weighted by atomic mass is 9.97. The van der Waals surface area contributed by atoms with Crippen LogP contribution in [0.2, 0.25) is 0 Å². The van der Waals surface area contributed by atoms with Gasteiger partial charge in [-0.1, -0.05) is 12.8 Å². The van der Waals surface area contributed by atoms with E-state index in [1.807, 2.05) is 0 Å². The zero-order chi connectivity index (χ0) is 12.4. The molecule has 0 aromatic carbocycles. The summed E-state index contributed by atoms with van der Waals surface area (Å²) in [6.07, 6.45) is 10.7. The molecule has 2 saturated heterocycles. The molecule has 3 fully saturated rings. The second-order valence-electron chi connectivity index (χ2n) is 6.60. The maximum Gasteiger partial charge on any atom is 0.0710 e. The summed E-state index contributed by atoms with van der Waals surface area (Å²) in [5.41, 5.74) is 0.286. The van der Waals surface area contributed by atoms with Gasteiger partial charge in [0.2, 0.25) is 0 Å². The molecule has 2 aliphatic heterocycles. The third kappa shape index (κ3) is 2.73. The second kappa shape index (κ2) is 5.48. The Balaban J connectivity index is 1.44. The van der Waals surface area contributed by atoms with E-state index in [2.05, 4.69) is 4.90 Å². The van der Waals surface area contributed by atoms with Crippen molar-refractivity contribution in [1.82, 2.24) is 4.90 Å². The molecule has 1 saturated carbocycles. The first-order valence-corrected chi connectivity index (χ1v) is 7.81. The van der Waals surface area contributed by atoms with Crippen LogP contribution in [0.1, 0.15) is 51.4 Å². The van der Waals surface area contributed by atoms with Crippen LogP contribution in [-0.4, -0.2) is 48.0 Å². The molecule has 1 atom stereocenters. The van der Waals surface area contributed by atoms with Crippen LogP contribution in [-0.2, 0) is 4.74 Å². The maximum atomic E-state index is 9.16. The Morgan fingerprint density at radius 2 is 1.78 bits per heavy atom. The highest BCUT2D eigenvalue weighted by atomic mass is 16.5. The van der Waals surface area contributed by atoms with E-state index >= 15 is 0 Å². The van der Waals surface area contributed by atoms with Gasteiger partial charge in [0.25, 0.3) is 0 Å². The third-order valence-corrected chi connectivity index (χ3v) is 5.28. The Labute approximate surface area is 110 Å². The van der Waals surface area contributed by atoms with Crippen LogP contribution < -0.4 is 0 Å². The molecule has 104 valence electrons. The fourth-order valence-corrected chi connectivity index (χ4v) is 4.05. The Morgan fingerprint density at radius 1 is 1.06 bits per heavy atom. The van der Waals surface area contributed by atoms with Crippen LogP contribution in [0.4, 0.5) is 0 Å². The van der Waals surface area contributed by atoms with Gasteiger partial charge >= 0.3 is 0 Å². The number of rotatable bonds is 3. The highest BCUT2D eigenvalue weighted by molar-refractivity contribution is 4.93. The lowest BCUT2D eigenvalue weighted by Crippen LogP contribution is -2.40. The van der Waals surface area contributed by atoms with Gasteiger partial charge in [-0.3, -0.25) is 0 Å². The largest absolute Gasteiger partial charge is 0.396 e. The summed E-state index contributed by atoms with van der Waals surface area (Å²) in [6.45, 7) is 3.80. The summed E-state index contributed by atoms with van der Waals surface area (Å²) < 4.78 is 6.37. The van der Waals surface area contributed by atoms with Crippen LogP contribution in [0.15, 0.2) is 0 Å². The molecule has 3 aliphatic rings. The highest BCUT2D eigenvalue weighted by Gasteiger charge is 2.42. The van der Waals surface area contributed by atoms with Gasteiger partial charge in [0.15, 0.2) is 0 Å². The molecular formula is C15H27NO2. The van der Waals surface area contributed by atoms with Crippen molar-refractivity contribution in [2.45, 2.75) is 63.1 Å². The Kier molecular flexibility index (Phi) is 3.92. The van der Waals surface area contributed by atoms with E-state index in [0.29, 0.717) is 18.6 Å². The molecule has 0 aromatic heterocycles. The smallest absolute Gasteiger partial charge is 0.0710 e. The topological polar surface area (TPSA) is 32.7 Å². The van der Waals surface area contributed by atoms with Crippen molar-refractivity contribution in [3.63, 3.8) is 0 Å². The monoisotopic (exact) mass is 253 g/mol. The van der Waals surface area contributed by atoms with Gasteiger partial charge in [-0.05, 0) is 57.5 Å². The lowest BCUT2D eigenvalue weighted by Gasteiger charge is -2.33. The van der Waals surface area contributed by atoms with Gasteiger partial charge in [0.05, 0.1) is 11.7 Å². The Bertz CT molecular complexity index is 268. The molecule has 0 radical (unpaired) electrons. The van der Waals surface area contributed by atoms with E-state index < -0.39 is 0 Å². The molecule has 2 heterocycles. The number of aliphatic hydroxyl groups is 1. The van der Waals surface area contributed by atoms with Gasteiger partial charge in [0, 0.05) is 13.2 Å². The molecule has 0 bridgehead atoms. The summed E-state index contributed by atoms with van der Waals surface area (Å²) in [6, 6.07) is 0. The van der Waals surface area contributed by atoms with Crippen LogP contribution in [0.25, 0.3) is 0 Å².